The minimum atomic E-state index is -0.0137. The number of thioether (sulfide) groups is 6. The summed E-state index contributed by atoms with van der Waals surface area (Å²) in [5.74, 6) is 12.2. The fourth-order valence-electron chi connectivity index (χ4n) is 1.74. The highest BCUT2D eigenvalue weighted by Crippen LogP contribution is 2.10. The van der Waals surface area contributed by atoms with Crippen LogP contribution in [0.2, 0.25) is 0 Å². The molecule has 2 N–H and O–H groups in total. The predicted molar refractivity (Wildman–Crippen MR) is 137 cm³/mol. The normalized spacial score (nSPS) is 10.8. The van der Waals surface area contributed by atoms with Gasteiger partial charge in [0, 0.05) is 59.1 Å². The number of hydrogen-bond donors (Lipinski definition) is 2. The molecule has 3 nitrogen and oxygen atoms in total. The summed E-state index contributed by atoms with van der Waals surface area (Å²) < 4.78 is 0. The van der Waals surface area contributed by atoms with Gasteiger partial charge >= 0.3 is 6.03 Å². The molecule has 0 aliphatic heterocycles. The monoisotopic (exact) mass is 476 g/mol. The molecule has 0 fully saturated rings. The summed E-state index contributed by atoms with van der Waals surface area (Å²) in [6.07, 6.45) is 6.42. The molecule has 156 valence electrons. The van der Waals surface area contributed by atoms with Crippen molar-refractivity contribution in [2.75, 3.05) is 83.1 Å². The number of hydrogen-bond acceptors (Lipinski definition) is 7. The van der Waals surface area contributed by atoms with E-state index in [1.54, 1.807) is 0 Å². The van der Waals surface area contributed by atoms with E-state index < -0.39 is 0 Å². The van der Waals surface area contributed by atoms with E-state index in [0.29, 0.717) is 0 Å². The number of nitrogens with one attached hydrogen (secondary N) is 2. The molecule has 0 atom stereocenters. The number of carbonyl (C=O) groups excluding carboxylic acids is 1. The molecule has 0 aliphatic carbocycles. The van der Waals surface area contributed by atoms with Gasteiger partial charge in [-0.05, 0) is 36.9 Å². The van der Waals surface area contributed by atoms with Gasteiger partial charge in [0.15, 0.2) is 0 Å². The first-order valence-electron chi connectivity index (χ1n) is 9.11. The van der Waals surface area contributed by atoms with Crippen molar-refractivity contribution in [1.82, 2.24) is 10.6 Å². The first kappa shape index (κ1) is 27.4. The van der Waals surface area contributed by atoms with Crippen LogP contribution in [0.1, 0.15) is 12.8 Å². The van der Waals surface area contributed by atoms with E-state index in [2.05, 4.69) is 23.1 Å². The van der Waals surface area contributed by atoms with Gasteiger partial charge in [0.1, 0.15) is 0 Å². The molecule has 0 aromatic heterocycles. The van der Waals surface area contributed by atoms with Crippen LogP contribution >= 0.6 is 70.6 Å². The second-order valence-corrected chi connectivity index (χ2v) is 12.2. The molecule has 26 heavy (non-hydrogen) atoms. The van der Waals surface area contributed by atoms with Crippen LogP contribution in [0, 0.1) is 0 Å². The highest BCUT2D eigenvalue weighted by molar-refractivity contribution is 8.04. The van der Waals surface area contributed by atoms with Crippen molar-refractivity contribution in [2.24, 2.45) is 0 Å². The third-order valence-corrected chi connectivity index (χ3v) is 9.48. The molecule has 0 rings (SSSR count). The maximum atomic E-state index is 11.7. The van der Waals surface area contributed by atoms with Gasteiger partial charge in [-0.25, -0.2) is 4.79 Å². The van der Waals surface area contributed by atoms with E-state index in [4.69, 9.17) is 0 Å². The Morgan fingerprint density at radius 1 is 0.577 bits per heavy atom. The average molecular weight is 477 g/mol. The molecule has 0 spiro atoms. The van der Waals surface area contributed by atoms with Crippen molar-refractivity contribution in [3.8, 4) is 0 Å². The summed E-state index contributed by atoms with van der Waals surface area (Å²) in [6.45, 7) is 1.56. The van der Waals surface area contributed by atoms with E-state index in [9.17, 15) is 4.79 Å². The Balaban J connectivity index is 3.13. The van der Waals surface area contributed by atoms with Crippen LogP contribution in [0.25, 0.3) is 0 Å². The second-order valence-electron chi connectivity index (χ2n) is 5.32. The Bertz CT molecular complexity index is 274. The molecule has 0 saturated heterocycles. The summed E-state index contributed by atoms with van der Waals surface area (Å²) in [7, 11) is 0. The largest absolute Gasteiger partial charge is 0.338 e. The second kappa shape index (κ2) is 24.4. The average Bonchev–Trinajstić information content (AvgIpc) is 2.64. The molecular weight excluding hydrogens is 441 g/mol. The van der Waals surface area contributed by atoms with Crippen LogP contribution < -0.4 is 10.6 Å². The van der Waals surface area contributed by atoms with Gasteiger partial charge in [-0.1, -0.05) is 0 Å². The molecular formula is C17H36N2OS6. The number of rotatable bonds is 20. The van der Waals surface area contributed by atoms with Crippen LogP contribution in [-0.4, -0.2) is 89.2 Å². The van der Waals surface area contributed by atoms with Gasteiger partial charge in [-0.2, -0.15) is 70.6 Å². The molecule has 0 heterocycles. The summed E-state index contributed by atoms with van der Waals surface area (Å²) in [5.41, 5.74) is 0. The lowest BCUT2D eigenvalue weighted by Gasteiger charge is -2.07. The van der Waals surface area contributed by atoms with Crippen LogP contribution in [0.5, 0.6) is 0 Å². The lowest BCUT2D eigenvalue weighted by molar-refractivity contribution is 0.241. The van der Waals surface area contributed by atoms with Crippen LogP contribution in [-0.2, 0) is 0 Å². The third kappa shape index (κ3) is 23.4. The van der Waals surface area contributed by atoms with E-state index in [0.717, 1.165) is 37.4 Å². The summed E-state index contributed by atoms with van der Waals surface area (Å²) in [6, 6.07) is -0.0137. The third-order valence-electron chi connectivity index (χ3n) is 3.11. The molecule has 0 bridgehead atoms. The van der Waals surface area contributed by atoms with Crippen LogP contribution in [0.15, 0.2) is 0 Å². The van der Waals surface area contributed by atoms with Gasteiger partial charge in [0.05, 0.1) is 0 Å². The summed E-state index contributed by atoms with van der Waals surface area (Å²) >= 11 is 11.9. The number of amides is 2. The van der Waals surface area contributed by atoms with Crippen molar-refractivity contribution in [1.29, 1.82) is 0 Å². The lowest BCUT2D eigenvalue weighted by Crippen LogP contribution is -2.36. The Labute approximate surface area is 187 Å². The molecule has 0 aliphatic rings. The van der Waals surface area contributed by atoms with Crippen LogP contribution in [0.3, 0.4) is 0 Å². The van der Waals surface area contributed by atoms with Gasteiger partial charge in [-0.3, -0.25) is 0 Å². The highest BCUT2D eigenvalue weighted by atomic mass is 32.2. The quantitative estimate of drug-likeness (QED) is 0.246. The smallest absolute Gasteiger partial charge is 0.314 e. The van der Waals surface area contributed by atoms with Gasteiger partial charge < -0.3 is 10.6 Å². The van der Waals surface area contributed by atoms with Crippen LogP contribution in [0.4, 0.5) is 4.79 Å². The van der Waals surface area contributed by atoms with Crippen molar-refractivity contribution in [3.05, 3.63) is 0 Å². The molecule has 9 heteroatoms. The maximum absolute atomic E-state index is 11.7. The minimum absolute atomic E-state index is 0.0137. The van der Waals surface area contributed by atoms with Gasteiger partial charge in [0.2, 0.25) is 0 Å². The first-order chi connectivity index (χ1) is 12.8. The van der Waals surface area contributed by atoms with E-state index in [1.807, 2.05) is 70.6 Å². The zero-order chi connectivity index (χ0) is 19.1. The Morgan fingerprint density at radius 3 is 1.31 bits per heavy atom. The van der Waals surface area contributed by atoms with E-state index >= 15 is 0 Å². The molecule has 0 saturated carbocycles. The highest BCUT2D eigenvalue weighted by Gasteiger charge is 1.99. The van der Waals surface area contributed by atoms with Gasteiger partial charge in [0.25, 0.3) is 0 Å². The van der Waals surface area contributed by atoms with E-state index in [1.165, 1.54) is 46.0 Å². The first-order valence-corrected chi connectivity index (χ1v) is 16.5. The topological polar surface area (TPSA) is 41.1 Å². The van der Waals surface area contributed by atoms with Crippen molar-refractivity contribution in [3.63, 3.8) is 0 Å². The molecule has 0 unspecified atom stereocenters. The Kier molecular flexibility index (Phi) is 25.7. The molecule has 0 aromatic carbocycles. The molecule has 0 radical (unpaired) electrons. The maximum Gasteiger partial charge on any atom is 0.314 e. The summed E-state index contributed by atoms with van der Waals surface area (Å²) in [5, 5.41) is 5.90. The van der Waals surface area contributed by atoms with Crippen molar-refractivity contribution < 1.29 is 4.79 Å². The Hall–Kier alpha value is 1.37. The standard InChI is InChI=1S/C17H36N2OS6/c1-21-9-11-25-15-13-23-7-3-5-18-17(20)19-6-4-8-24-14-16-26-12-10-22-2/h3-16H2,1-2H3,(H2,18,19,20). The number of carbonyl (C=O) groups is 1. The summed E-state index contributed by atoms with van der Waals surface area (Å²) in [4.78, 5) is 11.7. The van der Waals surface area contributed by atoms with Crippen molar-refractivity contribution >= 4 is 76.6 Å². The number of urea groups is 1. The van der Waals surface area contributed by atoms with Crippen molar-refractivity contribution in [2.45, 2.75) is 12.8 Å². The Morgan fingerprint density at radius 2 is 0.923 bits per heavy atom. The molecule has 0 aromatic rings. The SMILES string of the molecule is CSCCSCCSCCCNC(=O)NCCCSCCSCCSC. The zero-order valence-electron chi connectivity index (χ0n) is 16.3. The minimum Gasteiger partial charge on any atom is -0.338 e. The van der Waals surface area contributed by atoms with Gasteiger partial charge in [-0.15, -0.1) is 0 Å². The molecule has 2 amide bonds. The fraction of sp³-hybridized carbons (Fsp3) is 0.941. The fourth-order valence-corrected chi connectivity index (χ4v) is 7.42. The van der Waals surface area contributed by atoms with E-state index in [-0.39, 0.29) is 6.03 Å². The zero-order valence-corrected chi connectivity index (χ0v) is 21.2. The predicted octanol–water partition coefficient (Wildman–Crippen LogP) is 4.72. The lowest BCUT2D eigenvalue weighted by atomic mass is 10.4.